The molecule has 1 saturated heterocycles. The van der Waals surface area contributed by atoms with Gasteiger partial charge in [-0.05, 0) is 56.0 Å². The molecule has 0 radical (unpaired) electrons. The van der Waals surface area contributed by atoms with Crippen LogP contribution >= 0.6 is 0 Å². The summed E-state index contributed by atoms with van der Waals surface area (Å²) in [5, 5.41) is 6.02. The molecule has 1 heterocycles. The second kappa shape index (κ2) is 11.6. The van der Waals surface area contributed by atoms with Gasteiger partial charge in [-0.1, -0.05) is 72.3 Å². The molecule has 0 spiro atoms. The number of para-hydroxylation sites is 1. The van der Waals surface area contributed by atoms with Gasteiger partial charge in [0.15, 0.2) is 0 Å². The topological polar surface area (TPSA) is 61.4 Å². The number of carbonyl (C=O) groups excluding carboxylic acids is 2. The van der Waals surface area contributed by atoms with E-state index in [4.69, 9.17) is 0 Å². The van der Waals surface area contributed by atoms with Crippen molar-refractivity contribution in [2.24, 2.45) is 5.92 Å². The predicted molar refractivity (Wildman–Crippen MR) is 137 cm³/mol. The maximum absolute atomic E-state index is 13.1. The lowest BCUT2D eigenvalue weighted by Gasteiger charge is -2.32. The van der Waals surface area contributed by atoms with Crippen LogP contribution in [-0.2, 0) is 17.8 Å². The fraction of sp³-hybridized carbons (Fsp3) is 0.310. The smallest absolute Gasteiger partial charge is 0.253 e. The number of aryl methyl sites for hydroxylation is 1. The first kappa shape index (κ1) is 23.7. The summed E-state index contributed by atoms with van der Waals surface area (Å²) in [5.74, 6) is -0.275. The molecule has 3 aromatic carbocycles. The number of hydrogen-bond donors (Lipinski definition) is 2. The van der Waals surface area contributed by atoms with Gasteiger partial charge in [0.05, 0.1) is 17.2 Å². The summed E-state index contributed by atoms with van der Waals surface area (Å²) in [6.45, 7) is 5.22. The molecule has 4 rings (SSSR count). The minimum absolute atomic E-state index is 0.0153. The van der Waals surface area contributed by atoms with Crippen LogP contribution in [0.5, 0.6) is 0 Å². The Bertz CT molecular complexity index is 1110. The molecule has 1 aliphatic rings. The van der Waals surface area contributed by atoms with E-state index in [-0.39, 0.29) is 17.7 Å². The predicted octanol–water partition coefficient (Wildman–Crippen LogP) is 4.82. The van der Waals surface area contributed by atoms with Crippen LogP contribution in [0.2, 0.25) is 0 Å². The van der Waals surface area contributed by atoms with Crippen LogP contribution in [-0.4, -0.2) is 36.3 Å². The van der Waals surface area contributed by atoms with Crippen molar-refractivity contribution in [2.75, 3.05) is 25.0 Å². The van der Waals surface area contributed by atoms with Crippen LogP contribution in [0.1, 0.15) is 39.9 Å². The normalized spacial score (nSPS) is 16.1. The minimum Gasteiger partial charge on any atom is -0.352 e. The van der Waals surface area contributed by atoms with E-state index in [2.05, 4.69) is 46.7 Å². The lowest BCUT2D eigenvalue weighted by molar-refractivity contribution is -0.121. The van der Waals surface area contributed by atoms with Crippen LogP contribution in [0, 0.1) is 12.8 Å². The number of anilines is 1. The van der Waals surface area contributed by atoms with Crippen LogP contribution in [0.25, 0.3) is 0 Å². The van der Waals surface area contributed by atoms with Gasteiger partial charge in [-0.2, -0.15) is 0 Å². The van der Waals surface area contributed by atoms with Gasteiger partial charge in [-0.3, -0.25) is 14.5 Å². The first-order valence-corrected chi connectivity index (χ1v) is 12.1. The second-order valence-corrected chi connectivity index (χ2v) is 9.09. The first-order valence-electron chi connectivity index (χ1n) is 12.1. The molecule has 2 amide bonds. The van der Waals surface area contributed by atoms with Crippen molar-refractivity contribution in [1.82, 2.24) is 10.2 Å². The summed E-state index contributed by atoms with van der Waals surface area (Å²) in [4.78, 5) is 28.3. The van der Waals surface area contributed by atoms with E-state index >= 15 is 0 Å². The maximum Gasteiger partial charge on any atom is 0.253 e. The molecule has 1 aliphatic heterocycles. The Kier molecular flexibility index (Phi) is 8.10. The molecule has 0 aliphatic carbocycles. The van der Waals surface area contributed by atoms with Crippen LogP contribution < -0.4 is 10.6 Å². The molecule has 0 saturated carbocycles. The maximum atomic E-state index is 13.1. The summed E-state index contributed by atoms with van der Waals surface area (Å²) >= 11 is 0. The lowest BCUT2D eigenvalue weighted by Crippen LogP contribution is -2.40. The van der Waals surface area contributed by atoms with E-state index in [1.807, 2.05) is 42.5 Å². The Hall–Kier alpha value is -3.44. The lowest BCUT2D eigenvalue weighted by atomic mass is 9.96. The third-order valence-corrected chi connectivity index (χ3v) is 6.34. The molecule has 1 unspecified atom stereocenters. The van der Waals surface area contributed by atoms with Crippen molar-refractivity contribution in [3.63, 3.8) is 0 Å². The molecule has 0 bridgehead atoms. The molecule has 3 aromatic rings. The molecule has 5 nitrogen and oxygen atoms in total. The fourth-order valence-electron chi connectivity index (χ4n) is 4.57. The Morgan fingerprint density at radius 2 is 1.71 bits per heavy atom. The second-order valence-electron chi connectivity index (χ2n) is 9.09. The fourth-order valence-corrected chi connectivity index (χ4v) is 4.57. The Labute approximate surface area is 202 Å². The van der Waals surface area contributed by atoms with Gasteiger partial charge in [0.1, 0.15) is 0 Å². The minimum atomic E-state index is -0.170. The van der Waals surface area contributed by atoms with Crippen molar-refractivity contribution in [2.45, 2.75) is 32.7 Å². The summed E-state index contributed by atoms with van der Waals surface area (Å²) < 4.78 is 0. The summed E-state index contributed by atoms with van der Waals surface area (Å²) in [6, 6.07) is 25.8. The Balaban J connectivity index is 1.34. The van der Waals surface area contributed by atoms with E-state index in [1.165, 1.54) is 16.7 Å². The number of piperidine rings is 1. The molecule has 34 heavy (non-hydrogen) atoms. The molecule has 0 aromatic heterocycles. The van der Waals surface area contributed by atoms with E-state index < -0.39 is 0 Å². The SMILES string of the molecule is Cc1cccc(CN2CCCC(C(=O)Nc3ccccc3C(=O)NCCc3ccccc3)C2)c1. The Morgan fingerprint density at radius 1 is 0.941 bits per heavy atom. The van der Waals surface area contributed by atoms with Crippen LogP contribution in [0.3, 0.4) is 0 Å². The van der Waals surface area contributed by atoms with Gasteiger partial charge >= 0.3 is 0 Å². The zero-order valence-corrected chi connectivity index (χ0v) is 19.8. The number of hydrogen-bond acceptors (Lipinski definition) is 3. The number of benzene rings is 3. The monoisotopic (exact) mass is 455 g/mol. The van der Waals surface area contributed by atoms with E-state index in [9.17, 15) is 9.59 Å². The van der Waals surface area contributed by atoms with Gasteiger partial charge in [0.25, 0.3) is 5.91 Å². The van der Waals surface area contributed by atoms with Crippen molar-refractivity contribution in [1.29, 1.82) is 0 Å². The molecular weight excluding hydrogens is 422 g/mol. The largest absolute Gasteiger partial charge is 0.352 e. The van der Waals surface area contributed by atoms with E-state index in [1.54, 1.807) is 12.1 Å². The van der Waals surface area contributed by atoms with Gasteiger partial charge in [0, 0.05) is 19.6 Å². The molecule has 2 N–H and O–H groups in total. The van der Waals surface area contributed by atoms with E-state index in [0.29, 0.717) is 17.8 Å². The highest BCUT2D eigenvalue weighted by Gasteiger charge is 2.26. The van der Waals surface area contributed by atoms with Gasteiger partial charge in [0.2, 0.25) is 5.91 Å². The first-order chi connectivity index (χ1) is 16.6. The number of amides is 2. The van der Waals surface area contributed by atoms with Crippen LogP contribution in [0.15, 0.2) is 78.9 Å². The molecule has 176 valence electrons. The zero-order valence-electron chi connectivity index (χ0n) is 19.8. The third-order valence-electron chi connectivity index (χ3n) is 6.34. The highest BCUT2D eigenvalue weighted by molar-refractivity contribution is 6.04. The summed E-state index contributed by atoms with van der Waals surface area (Å²) in [7, 11) is 0. The van der Waals surface area contributed by atoms with Crippen LogP contribution in [0.4, 0.5) is 5.69 Å². The molecular formula is C29H33N3O2. The number of rotatable bonds is 8. The number of nitrogens with zero attached hydrogens (tertiary/aromatic N) is 1. The highest BCUT2D eigenvalue weighted by atomic mass is 16.2. The van der Waals surface area contributed by atoms with Crippen molar-refractivity contribution in [3.8, 4) is 0 Å². The van der Waals surface area contributed by atoms with Crippen molar-refractivity contribution in [3.05, 3.63) is 101 Å². The summed E-state index contributed by atoms with van der Waals surface area (Å²) in [6.07, 6.45) is 2.62. The standard InChI is InChI=1S/C29H33N3O2/c1-22-9-7-12-24(19-22)20-32-18-8-13-25(21-32)28(33)31-27-15-6-5-14-26(27)29(34)30-17-16-23-10-3-2-4-11-23/h2-7,9-12,14-15,19,25H,8,13,16-18,20-21H2,1H3,(H,30,34)(H,31,33). The van der Waals surface area contributed by atoms with Gasteiger partial charge in [-0.15, -0.1) is 0 Å². The average molecular weight is 456 g/mol. The van der Waals surface area contributed by atoms with E-state index in [0.717, 1.165) is 38.9 Å². The zero-order chi connectivity index (χ0) is 23.8. The quantitative estimate of drug-likeness (QED) is 0.512. The summed E-state index contributed by atoms with van der Waals surface area (Å²) in [5.41, 5.74) is 4.77. The van der Waals surface area contributed by atoms with Crippen molar-refractivity contribution >= 4 is 17.5 Å². The molecule has 5 heteroatoms. The highest BCUT2D eigenvalue weighted by Crippen LogP contribution is 2.22. The average Bonchev–Trinajstić information content (AvgIpc) is 2.85. The third kappa shape index (κ3) is 6.55. The number of likely N-dealkylation sites (tertiary alicyclic amines) is 1. The van der Waals surface area contributed by atoms with Crippen molar-refractivity contribution < 1.29 is 9.59 Å². The molecule has 1 fully saturated rings. The van der Waals surface area contributed by atoms with Gasteiger partial charge < -0.3 is 10.6 Å². The number of carbonyl (C=O) groups is 2. The van der Waals surface area contributed by atoms with Gasteiger partial charge in [-0.25, -0.2) is 0 Å². The Morgan fingerprint density at radius 3 is 2.53 bits per heavy atom. The number of nitrogens with one attached hydrogen (secondary N) is 2. The molecule has 1 atom stereocenters.